The van der Waals surface area contributed by atoms with E-state index in [1.54, 1.807) is 10.8 Å². The fraction of sp³-hybridized carbons (Fsp3) is 0.381. The lowest BCUT2D eigenvalue weighted by Gasteiger charge is -2.31. The summed E-state index contributed by atoms with van der Waals surface area (Å²) < 4.78 is 9.07. The Hall–Kier alpha value is -3.13. The Morgan fingerprint density at radius 3 is 2.97 bits per heavy atom. The zero-order valence-electron chi connectivity index (χ0n) is 16.4. The third kappa shape index (κ3) is 3.00. The summed E-state index contributed by atoms with van der Waals surface area (Å²) in [6, 6.07) is 9.72. The minimum atomic E-state index is -0.0727. The van der Waals surface area contributed by atoms with Gasteiger partial charge in [-0.2, -0.15) is 0 Å². The number of benzene rings is 1. The molecule has 29 heavy (non-hydrogen) atoms. The van der Waals surface area contributed by atoms with Gasteiger partial charge in [-0.05, 0) is 38.0 Å². The topological polar surface area (TPSA) is 95.1 Å². The maximum absolute atomic E-state index is 13.3. The van der Waals surface area contributed by atoms with Gasteiger partial charge in [0.05, 0.1) is 12.1 Å². The van der Waals surface area contributed by atoms with Crippen LogP contribution >= 0.6 is 0 Å². The van der Waals surface area contributed by atoms with Crippen LogP contribution in [0, 0.1) is 0 Å². The van der Waals surface area contributed by atoms with Gasteiger partial charge >= 0.3 is 0 Å². The fourth-order valence-electron chi connectivity index (χ4n) is 4.24. The van der Waals surface area contributed by atoms with Crippen molar-refractivity contribution in [3.05, 3.63) is 52.6 Å². The third-order valence-corrected chi connectivity index (χ3v) is 5.68. The highest BCUT2D eigenvalue weighted by molar-refractivity contribution is 5.80. The second-order valence-electron chi connectivity index (χ2n) is 7.61. The number of imidazole rings is 1. The van der Waals surface area contributed by atoms with Crippen LogP contribution in [0.2, 0.25) is 0 Å². The summed E-state index contributed by atoms with van der Waals surface area (Å²) in [4.78, 5) is 20.3. The summed E-state index contributed by atoms with van der Waals surface area (Å²) in [7, 11) is 0. The molecule has 0 radical (unpaired) electrons. The summed E-state index contributed by atoms with van der Waals surface area (Å²) in [6.07, 6.45) is 3.85. The maximum Gasteiger partial charge on any atom is 0.277 e. The van der Waals surface area contributed by atoms with Crippen molar-refractivity contribution in [2.45, 2.75) is 38.9 Å². The van der Waals surface area contributed by atoms with Gasteiger partial charge in [0.25, 0.3) is 5.56 Å². The number of fused-ring (bicyclic) bond motifs is 2. The van der Waals surface area contributed by atoms with Crippen LogP contribution in [-0.4, -0.2) is 38.4 Å². The number of nitrogens with two attached hydrogens (primary N) is 1. The minimum Gasteiger partial charge on any atom is -0.356 e. The molecular formula is C21H24N6O2. The first-order chi connectivity index (χ1) is 14.2. The number of aryl methyl sites for hydroxylation is 1. The van der Waals surface area contributed by atoms with Crippen LogP contribution < -0.4 is 16.2 Å². The highest BCUT2D eigenvalue weighted by Gasteiger charge is 2.23. The molecule has 4 aromatic rings. The van der Waals surface area contributed by atoms with Crippen LogP contribution in [0.5, 0.6) is 0 Å². The van der Waals surface area contributed by atoms with Crippen molar-refractivity contribution in [2.75, 3.05) is 18.0 Å². The summed E-state index contributed by atoms with van der Waals surface area (Å²) in [5, 5.41) is 5.08. The lowest BCUT2D eigenvalue weighted by atomic mass is 10.1. The van der Waals surface area contributed by atoms with Gasteiger partial charge in [-0.15, -0.1) is 0 Å². The predicted molar refractivity (Wildman–Crippen MR) is 112 cm³/mol. The highest BCUT2D eigenvalue weighted by Crippen LogP contribution is 2.24. The average molecular weight is 392 g/mol. The number of para-hydroxylation sites is 1. The van der Waals surface area contributed by atoms with E-state index in [9.17, 15) is 4.79 Å². The van der Waals surface area contributed by atoms with Gasteiger partial charge in [-0.25, -0.2) is 4.98 Å². The van der Waals surface area contributed by atoms with E-state index in [-0.39, 0.29) is 11.6 Å². The van der Waals surface area contributed by atoms with E-state index in [0.29, 0.717) is 24.1 Å². The van der Waals surface area contributed by atoms with Crippen molar-refractivity contribution in [3.63, 3.8) is 0 Å². The van der Waals surface area contributed by atoms with E-state index in [4.69, 9.17) is 15.2 Å². The molecule has 4 heterocycles. The first-order valence-corrected chi connectivity index (χ1v) is 10.1. The van der Waals surface area contributed by atoms with Gasteiger partial charge in [0.2, 0.25) is 5.95 Å². The van der Waals surface area contributed by atoms with Crippen LogP contribution in [0.1, 0.15) is 25.5 Å². The van der Waals surface area contributed by atoms with Crippen molar-refractivity contribution in [1.29, 1.82) is 0 Å². The number of aromatic nitrogens is 4. The van der Waals surface area contributed by atoms with Crippen LogP contribution in [0.25, 0.3) is 22.0 Å². The molecule has 0 aliphatic carbocycles. The first kappa shape index (κ1) is 17.9. The van der Waals surface area contributed by atoms with Crippen molar-refractivity contribution in [1.82, 2.24) is 19.3 Å². The van der Waals surface area contributed by atoms with Crippen LogP contribution in [0.4, 0.5) is 5.95 Å². The molecule has 1 unspecified atom stereocenters. The Morgan fingerprint density at radius 2 is 2.14 bits per heavy atom. The molecule has 0 saturated carbocycles. The van der Waals surface area contributed by atoms with E-state index < -0.39 is 0 Å². The van der Waals surface area contributed by atoms with E-state index in [0.717, 1.165) is 48.5 Å². The van der Waals surface area contributed by atoms with Gasteiger partial charge in [0.15, 0.2) is 5.58 Å². The van der Waals surface area contributed by atoms with Crippen molar-refractivity contribution in [3.8, 4) is 0 Å². The Kier molecular flexibility index (Phi) is 4.35. The number of rotatable bonds is 4. The van der Waals surface area contributed by atoms with Crippen molar-refractivity contribution < 1.29 is 4.52 Å². The second-order valence-corrected chi connectivity index (χ2v) is 7.61. The Bertz CT molecular complexity index is 1240. The number of hydrogen-bond donors (Lipinski definition) is 1. The normalized spacial score (nSPS) is 17.4. The van der Waals surface area contributed by atoms with Crippen molar-refractivity contribution >= 4 is 28.0 Å². The average Bonchev–Trinajstić information content (AvgIpc) is 3.32. The number of anilines is 1. The lowest BCUT2D eigenvalue weighted by Crippen LogP contribution is -2.44. The largest absolute Gasteiger partial charge is 0.356 e. The summed E-state index contributed by atoms with van der Waals surface area (Å²) >= 11 is 0. The second kappa shape index (κ2) is 7.04. The van der Waals surface area contributed by atoms with E-state index in [1.165, 1.54) is 0 Å². The molecule has 1 atom stereocenters. The molecule has 3 aromatic heterocycles. The summed E-state index contributed by atoms with van der Waals surface area (Å²) in [5.41, 5.74) is 8.89. The molecule has 2 N–H and O–H groups in total. The number of piperidine rings is 1. The van der Waals surface area contributed by atoms with Gasteiger partial charge < -0.3 is 24.3 Å². The Morgan fingerprint density at radius 1 is 1.28 bits per heavy atom. The predicted octanol–water partition coefficient (Wildman–Crippen LogP) is 2.33. The van der Waals surface area contributed by atoms with Gasteiger partial charge in [-0.3, -0.25) is 4.79 Å². The third-order valence-electron chi connectivity index (χ3n) is 5.68. The maximum atomic E-state index is 13.3. The molecule has 1 aromatic carbocycles. The van der Waals surface area contributed by atoms with Gasteiger partial charge in [-0.1, -0.05) is 17.3 Å². The number of pyridine rings is 1. The first-order valence-electron chi connectivity index (χ1n) is 10.1. The van der Waals surface area contributed by atoms with E-state index in [1.807, 2.05) is 41.8 Å². The molecule has 1 aliphatic heterocycles. The molecule has 5 rings (SSSR count). The fourth-order valence-corrected chi connectivity index (χ4v) is 4.24. The molecular weight excluding hydrogens is 368 g/mol. The molecule has 150 valence electrons. The monoisotopic (exact) mass is 392 g/mol. The van der Waals surface area contributed by atoms with Crippen LogP contribution in [-0.2, 0) is 13.1 Å². The van der Waals surface area contributed by atoms with E-state index in [2.05, 4.69) is 10.1 Å². The molecule has 8 nitrogen and oxygen atoms in total. The molecule has 1 saturated heterocycles. The van der Waals surface area contributed by atoms with E-state index >= 15 is 0 Å². The number of hydrogen-bond acceptors (Lipinski definition) is 6. The zero-order chi connectivity index (χ0) is 20.0. The lowest BCUT2D eigenvalue weighted by molar-refractivity contribution is 0.442. The van der Waals surface area contributed by atoms with Gasteiger partial charge in [0.1, 0.15) is 11.2 Å². The van der Waals surface area contributed by atoms with Crippen molar-refractivity contribution in [2.24, 2.45) is 5.73 Å². The molecule has 0 spiro atoms. The molecule has 0 amide bonds. The minimum absolute atomic E-state index is 0.0727. The molecule has 1 aliphatic rings. The Labute approximate surface area is 167 Å². The smallest absolute Gasteiger partial charge is 0.277 e. The molecule has 8 heteroatoms. The standard InChI is InChI=1S/C21H24N6O2/c1-2-27-19-16(23-21(27)26-10-5-6-14(22)12-26)9-11-25(20(19)28)13-17-15-7-3-4-8-18(15)29-24-17/h3-4,7-9,11,14H,2,5-6,10,12-13,22H2,1H3. The van der Waals surface area contributed by atoms with Crippen LogP contribution in [0.15, 0.2) is 45.8 Å². The SMILES string of the molecule is CCn1c(N2CCCC(N)C2)nc2ccn(Cc3noc4ccccc34)c(=O)c21. The summed E-state index contributed by atoms with van der Waals surface area (Å²) in [6.45, 7) is 4.74. The molecule has 0 bridgehead atoms. The van der Waals surface area contributed by atoms with Crippen LogP contribution in [0.3, 0.4) is 0 Å². The Balaban J connectivity index is 1.58. The highest BCUT2D eigenvalue weighted by atomic mass is 16.5. The van der Waals surface area contributed by atoms with Gasteiger partial charge in [0, 0.05) is 37.3 Å². The molecule has 1 fully saturated rings. The number of nitrogens with zero attached hydrogens (tertiary/aromatic N) is 5. The summed E-state index contributed by atoms with van der Waals surface area (Å²) in [5.74, 6) is 0.833. The zero-order valence-corrected chi connectivity index (χ0v) is 16.4. The quantitative estimate of drug-likeness (QED) is 0.573.